The van der Waals surface area contributed by atoms with Gasteiger partial charge in [-0.2, -0.15) is 0 Å². The Labute approximate surface area is 227 Å². The summed E-state index contributed by atoms with van der Waals surface area (Å²) in [4.78, 5) is 29.7. The van der Waals surface area contributed by atoms with Crippen molar-refractivity contribution in [3.8, 4) is 0 Å². The van der Waals surface area contributed by atoms with Crippen LogP contribution in [0.1, 0.15) is 47.6 Å². The van der Waals surface area contributed by atoms with E-state index in [4.69, 9.17) is 0 Å². The van der Waals surface area contributed by atoms with Crippen LogP contribution in [0.4, 0.5) is 4.79 Å². The first-order valence-electron chi connectivity index (χ1n) is 13.8. The Bertz CT molecular complexity index is 1110. The summed E-state index contributed by atoms with van der Waals surface area (Å²) in [5.41, 5.74) is 4.53. The fraction of sp³-hybridized carbons (Fsp3) is 0.375. The molecule has 3 amide bonds. The molecule has 0 atom stereocenters. The van der Waals surface area contributed by atoms with Crippen LogP contribution >= 0.6 is 0 Å². The number of nitrogens with zero attached hydrogens (tertiary/aromatic N) is 2. The number of aryl methyl sites for hydroxylation is 1. The Morgan fingerprint density at radius 3 is 2.18 bits per heavy atom. The summed E-state index contributed by atoms with van der Waals surface area (Å²) in [6.45, 7) is 4.26. The number of rotatable bonds is 7. The molecule has 1 heterocycles. The summed E-state index contributed by atoms with van der Waals surface area (Å²) in [5, 5.41) is 6.30. The second kappa shape index (κ2) is 14.3. The maximum atomic E-state index is 13.1. The number of carbonyl (C=O) groups excluding carboxylic acids is 2. The standard InChI is InChI=1S/C32H40N4O2/c1-35(32(38)34-31(27-14-4-2-5-15-27)28-16-6-3-7-17-28)21-12-24-36-22-10-19-26-13-8-9-18-29(26)25-30(37)33-20-11-23-36/h2-9,13-18,31H,10-12,19-25H2,1H3,(H,33,37)(H,34,38). The maximum absolute atomic E-state index is 13.1. The molecule has 2 N–H and O–H groups in total. The van der Waals surface area contributed by atoms with Gasteiger partial charge in [0.1, 0.15) is 0 Å². The van der Waals surface area contributed by atoms with Crippen molar-refractivity contribution in [2.75, 3.05) is 39.8 Å². The summed E-state index contributed by atoms with van der Waals surface area (Å²) in [6.07, 6.45) is 4.32. The van der Waals surface area contributed by atoms with Gasteiger partial charge in [-0.3, -0.25) is 4.79 Å². The van der Waals surface area contributed by atoms with Gasteiger partial charge in [0.25, 0.3) is 0 Å². The average molecular weight is 513 g/mol. The zero-order valence-electron chi connectivity index (χ0n) is 22.4. The summed E-state index contributed by atoms with van der Waals surface area (Å²) >= 11 is 0. The van der Waals surface area contributed by atoms with E-state index in [1.807, 2.05) is 49.5 Å². The molecule has 200 valence electrons. The Hall–Kier alpha value is -3.64. The number of benzene rings is 3. The van der Waals surface area contributed by atoms with Gasteiger partial charge in [0.15, 0.2) is 0 Å². The summed E-state index contributed by atoms with van der Waals surface area (Å²) in [7, 11) is 1.87. The molecule has 38 heavy (non-hydrogen) atoms. The van der Waals surface area contributed by atoms with Gasteiger partial charge in [0.2, 0.25) is 5.91 Å². The van der Waals surface area contributed by atoms with Crippen LogP contribution in [-0.2, 0) is 17.6 Å². The number of urea groups is 1. The third-order valence-electron chi connectivity index (χ3n) is 7.21. The largest absolute Gasteiger partial charge is 0.356 e. The molecule has 3 aromatic rings. The van der Waals surface area contributed by atoms with Gasteiger partial charge >= 0.3 is 6.03 Å². The molecule has 0 bridgehead atoms. The Kier molecular flexibility index (Phi) is 10.3. The van der Waals surface area contributed by atoms with Gasteiger partial charge in [-0.15, -0.1) is 0 Å². The van der Waals surface area contributed by atoms with Crippen LogP contribution in [0.3, 0.4) is 0 Å². The van der Waals surface area contributed by atoms with E-state index in [9.17, 15) is 9.59 Å². The summed E-state index contributed by atoms with van der Waals surface area (Å²) in [5.74, 6) is 0.0986. The van der Waals surface area contributed by atoms with Crippen LogP contribution in [0, 0.1) is 0 Å². The molecule has 0 aromatic heterocycles. The molecular weight excluding hydrogens is 472 g/mol. The maximum Gasteiger partial charge on any atom is 0.317 e. The molecule has 4 rings (SSSR count). The SMILES string of the molecule is CN(CCCN1CCCNC(=O)Cc2ccccc2CCC1)C(=O)NC(c1ccccc1)c1ccccc1. The molecule has 0 radical (unpaired) electrons. The van der Waals surface area contributed by atoms with Gasteiger partial charge in [-0.1, -0.05) is 84.9 Å². The van der Waals surface area contributed by atoms with Gasteiger partial charge in [0.05, 0.1) is 12.5 Å². The number of amides is 3. The molecule has 6 nitrogen and oxygen atoms in total. The predicted molar refractivity (Wildman–Crippen MR) is 153 cm³/mol. The van der Waals surface area contributed by atoms with Crippen molar-refractivity contribution < 1.29 is 9.59 Å². The first kappa shape index (κ1) is 27.4. The zero-order valence-corrected chi connectivity index (χ0v) is 22.4. The van der Waals surface area contributed by atoms with E-state index < -0.39 is 0 Å². The Morgan fingerprint density at radius 1 is 0.895 bits per heavy atom. The highest BCUT2D eigenvalue weighted by molar-refractivity contribution is 5.79. The monoisotopic (exact) mass is 512 g/mol. The van der Waals surface area contributed by atoms with Crippen molar-refractivity contribution in [2.24, 2.45) is 0 Å². The zero-order chi connectivity index (χ0) is 26.6. The van der Waals surface area contributed by atoms with Crippen LogP contribution in [0.2, 0.25) is 0 Å². The Morgan fingerprint density at radius 2 is 1.50 bits per heavy atom. The molecule has 1 aliphatic heterocycles. The number of hydrogen-bond donors (Lipinski definition) is 2. The molecule has 0 saturated carbocycles. The van der Waals surface area contributed by atoms with E-state index in [1.165, 1.54) is 5.56 Å². The van der Waals surface area contributed by atoms with Crippen LogP contribution in [0.25, 0.3) is 0 Å². The molecule has 6 heteroatoms. The van der Waals surface area contributed by atoms with Gasteiger partial charge < -0.3 is 20.4 Å². The molecule has 1 aliphatic rings. The fourth-order valence-electron chi connectivity index (χ4n) is 5.09. The lowest BCUT2D eigenvalue weighted by Gasteiger charge is -2.26. The van der Waals surface area contributed by atoms with Crippen LogP contribution < -0.4 is 10.6 Å². The molecule has 0 spiro atoms. The fourth-order valence-corrected chi connectivity index (χ4v) is 5.09. The highest BCUT2D eigenvalue weighted by Crippen LogP contribution is 2.22. The van der Waals surface area contributed by atoms with E-state index in [2.05, 4.69) is 58.0 Å². The lowest BCUT2D eigenvalue weighted by molar-refractivity contribution is -0.120. The summed E-state index contributed by atoms with van der Waals surface area (Å²) in [6, 6.07) is 28.2. The lowest BCUT2D eigenvalue weighted by atomic mass is 9.99. The van der Waals surface area contributed by atoms with Crippen molar-refractivity contribution in [1.29, 1.82) is 0 Å². The first-order chi connectivity index (χ1) is 18.6. The van der Waals surface area contributed by atoms with E-state index in [0.717, 1.165) is 62.0 Å². The van der Waals surface area contributed by atoms with Crippen molar-refractivity contribution in [3.05, 3.63) is 107 Å². The van der Waals surface area contributed by atoms with Crippen molar-refractivity contribution in [3.63, 3.8) is 0 Å². The number of carbonyl (C=O) groups is 2. The molecule has 0 unspecified atom stereocenters. The predicted octanol–water partition coefficient (Wildman–Crippen LogP) is 4.80. The number of fused-ring (bicyclic) bond motifs is 1. The van der Waals surface area contributed by atoms with Crippen molar-refractivity contribution >= 4 is 11.9 Å². The quantitative estimate of drug-likeness (QED) is 0.478. The minimum Gasteiger partial charge on any atom is -0.356 e. The molecule has 0 fully saturated rings. The van der Waals surface area contributed by atoms with Crippen LogP contribution in [0.5, 0.6) is 0 Å². The van der Waals surface area contributed by atoms with Crippen molar-refractivity contribution in [2.45, 2.75) is 38.1 Å². The molecule has 0 aliphatic carbocycles. The minimum atomic E-state index is -0.194. The topological polar surface area (TPSA) is 64.7 Å². The molecular formula is C32H40N4O2. The van der Waals surface area contributed by atoms with Gasteiger partial charge in [-0.25, -0.2) is 4.79 Å². The highest BCUT2D eigenvalue weighted by Gasteiger charge is 2.19. The van der Waals surface area contributed by atoms with Crippen LogP contribution in [0.15, 0.2) is 84.9 Å². The first-order valence-corrected chi connectivity index (χ1v) is 13.8. The third-order valence-corrected chi connectivity index (χ3v) is 7.21. The van der Waals surface area contributed by atoms with E-state index >= 15 is 0 Å². The van der Waals surface area contributed by atoms with E-state index in [-0.39, 0.29) is 18.0 Å². The summed E-state index contributed by atoms with van der Waals surface area (Å²) < 4.78 is 0. The van der Waals surface area contributed by atoms with E-state index in [0.29, 0.717) is 19.5 Å². The van der Waals surface area contributed by atoms with E-state index in [1.54, 1.807) is 4.90 Å². The number of hydrogen-bond acceptors (Lipinski definition) is 3. The van der Waals surface area contributed by atoms with Crippen molar-refractivity contribution in [1.82, 2.24) is 20.4 Å². The third kappa shape index (κ3) is 8.18. The lowest BCUT2D eigenvalue weighted by Crippen LogP contribution is -2.41. The number of nitrogens with one attached hydrogen (secondary N) is 2. The van der Waals surface area contributed by atoms with Gasteiger partial charge in [-0.05, 0) is 67.6 Å². The second-order valence-corrected chi connectivity index (χ2v) is 10.1. The van der Waals surface area contributed by atoms with Gasteiger partial charge in [0, 0.05) is 20.1 Å². The Balaban J connectivity index is 1.30. The molecule has 3 aromatic carbocycles. The minimum absolute atomic E-state index is 0.0734. The van der Waals surface area contributed by atoms with Crippen LogP contribution in [-0.4, -0.2) is 61.5 Å². The molecule has 0 saturated heterocycles. The average Bonchev–Trinajstić information content (AvgIpc) is 2.94. The highest BCUT2D eigenvalue weighted by atomic mass is 16.2. The smallest absolute Gasteiger partial charge is 0.317 e. The second-order valence-electron chi connectivity index (χ2n) is 10.1. The normalized spacial score (nSPS) is 15.1.